The van der Waals surface area contributed by atoms with Crippen LogP contribution in [-0.4, -0.2) is 29.3 Å². The Kier molecular flexibility index (Phi) is 6.72. The Bertz CT molecular complexity index is 1160. The van der Waals surface area contributed by atoms with Gasteiger partial charge < -0.3 is 19.3 Å². The molecule has 1 heterocycles. The molecule has 0 spiro atoms. The molecular formula is C27H29NO5S. The number of phenolic OH excluding ortho intramolecular Hbond substituents is 1. The zero-order valence-corrected chi connectivity index (χ0v) is 20.2. The number of ether oxygens (including phenoxy) is 3. The van der Waals surface area contributed by atoms with Crippen molar-refractivity contribution < 1.29 is 24.1 Å². The van der Waals surface area contributed by atoms with Gasteiger partial charge >= 0.3 is 5.97 Å². The number of aromatic nitrogens is 1. The van der Waals surface area contributed by atoms with Crippen LogP contribution in [0.4, 0.5) is 0 Å². The fraction of sp³-hybridized carbons (Fsp3) is 0.407. The van der Waals surface area contributed by atoms with Crippen LogP contribution in [-0.2, 0) is 28.8 Å². The van der Waals surface area contributed by atoms with E-state index in [1.165, 1.54) is 35.9 Å². The fourth-order valence-corrected chi connectivity index (χ4v) is 5.79. The third kappa shape index (κ3) is 5.04. The van der Waals surface area contributed by atoms with Gasteiger partial charge in [-0.05, 0) is 80.0 Å². The van der Waals surface area contributed by atoms with Crippen LogP contribution in [0.2, 0.25) is 0 Å². The maximum atomic E-state index is 11.2. The Morgan fingerprint density at radius 1 is 1.09 bits per heavy atom. The highest BCUT2D eigenvalue weighted by molar-refractivity contribution is 7.15. The van der Waals surface area contributed by atoms with Gasteiger partial charge in [0.15, 0.2) is 11.5 Å². The highest BCUT2D eigenvalue weighted by atomic mass is 32.1. The molecule has 0 radical (unpaired) electrons. The molecule has 178 valence electrons. The van der Waals surface area contributed by atoms with Crippen molar-refractivity contribution in [1.29, 1.82) is 0 Å². The number of carbonyl (C=O) groups is 1. The normalized spacial score (nSPS) is 16.6. The maximum absolute atomic E-state index is 11.2. The minimum Gasteiger partial charge on any atom is -0.504 e. The average molecular weight is 480 g/mol. The van der Waals surface area contributed by atoms with Gasteiger partial charge in [0.1, 0.15) is 16.9 Å². The predicted octanol–water partition coefficient (Wildman–Crippen LogP) is 5.79. The third-order valence-electron chi connectivity index (χ3n) is 6.31. The van der Waals surface area contributed by atoms with Crippen LogP contribution >= 0.6 is 11.3 Å². The first-order chi connectivity index (χ1) is 16.6. The van der Waals surface area contributed by atoms with Crippen molar-refractivity contribution in [2.24, 2.45) is 0 Å². The highest BCUT2D eigenvalue weighted by Crippen LogP contribution is 2.37. The van der Waals surface area contributed by atoms with Crippen molar-refractivity contribution in [3.8, 4) is 27.8 Å². The summed E-state index contributed by atoms with van der Waals surface area (Å²) in [5.41, 5.74) is 4.40. The maximum Gasteiger partial charge on any atom is 0.303 e. The molecule has 0 bridgehead atoms. The lowest BCUT2D eigenvalue weighted by Gasteiger charge is -2.13. The Morgan fingerprint density at radius 3 is 2.76 bits per heavy atom. The molecule has 1 aromatic heterocycles. The summed E-state index contributed by atoms with van der Waals surface area (Å²) in [6, 6.07) is 11.4. The van der Waals surface area contributed by atoms with Crippen molar-refractivity contribution in [3.63, 3.8) is 0 Å². The predicted molar refractivity (Wildman–Crippen MR) is 131 cm³/mol. The van der Waals surface area contributed by atoms with Gasteiger partial charge in [-0.15, -0.1) is 11.3 Å². The van der Waals surface area contributed by atoms with E-state index in [0.29, 0.717) is 25.4 Å². The lowest BCUT2D eigenvalue weighted by molar-refractivity contribution is -0.146. The summed E-state index contributed by atoms with van der Waals surface area (Å²) in [4.78, 5) is 17.4. The largest absolute Gasteiger partial charge is 0.504 e. The van der Waals surface area contributed by atoms with E-state index in [1.807, 2.05) is 30.3 Å². The molecule has 3 aromatic rings. The number of hydrogen-bond acceptors (Lipinski definition) is 7. The van der Waals surface area contributed by atoms with Gasteiger partial charge in [-0.3, -0.25) is 4.79 Å². The second-order valence-corrected chi connectivity index (χ2v) is 9.91. The standard InChI is InChI=1S/C27H29NO5S/c1-17(29)33-24-11-7-18-15-20(9-10-21(18)24)31-13-4-14-32-25-12-8-19(16-23(25)30)27-28-22-5-2-3-6-26(22)34-27/h8-10,12,15-16,24,30H,2-7,11,13-14H2,1H3/t24-/m0/s1. The fourth-order valence-electron chi connectivity index (χ4n) is 4.65. The number of benzene rings is 2. The number of carbonyl (C=O) groups excluding carboxylic acids is 1. The van der Waals surface area contributed by atoms with Gasteiger partial charge in [0.25, 0.3) is 0 Å². The Morgan fingerprint density at radius 2 is 1.94 bits per heavy atom. The zero-order chi connectivity index (χ0) is 23.5. The molecule has 2 aliphatic carbocycles. The van der Waals surface area contributed by atoms with E-state index in [2.05, 4.69) is 0 Å². The first-order valence-electron chi connectivity index (χ1n) is 11.9. The van der Waals surface area contributed by atoms with Crippen LogP contribution in [0.15, 0.2) is 36.4 Å². The molecule has 0 aliphatic heterocycles. The molecule has 0 amide bonds. The quantitative estimate of drug-likeness (QED) is 0.325. The number of rotatable bonds is 8. The Labute approximate surface area is 203 Å². The zero-order valence-electron chi connectivity index (χ0n) is 19.3. The number of aryl methyl sites for hydroxylation is 3. The van der Waals surface area contributed by atoms with E-state index < -0.39 is 0 Å². The number of nitrogens with zero attached hydrogens (tertiary/aromatic N) is 1. The highest BCUT2D eigenvalue weighted by Gasteiger charge is 2.25. The number of thiazole rings is 1. The molecule has 1 atom stereocenters. The lowest BCUT2D eigenvalue weighted by Crippen LogP contribution is -2.06. The molecule has 2 aromatic carbocycles. The molecule has 7 heteroatoms. The van der Waals surface area contributed by atoms with Crippen molar-refractivity contribution in [3.05, 3.63) is 58.1 Å². The van der Waals surface area contributed by atoms with E-state index in [1.54, 1.807) is 17.4 Å². The summed E-state index contributed by atoms with van der Waals surface area (Å²) in [6.45, 7) is 2.40. The van der Waals surface area contributed by atoms with Crippen LogP contribution in [0.3, 0.4) is 0 Å². The number of fused-ring (bicyclic) bond motifs is 2. The van der Waals surface area contributed by atoms with Crippen LogP contribution in [0, 0.1) is 0 Å². The van der Waals surface area contributed by atoms with E-state index in [0.717, 1.165) is 47.6 Å². The molecule has 34 heavy (non-hydrogen) atoms. The topological polar surface area (TPSA) is 77.9 Å². The van der Waals surface area contributed by atoms with E-state index >= 15 is 0 Å². The molecule has 1 N–H and O–H groups in total. The molecule has 0 unspecified atom stereocenters. The SMILES string of the molecule is CC(=O)O[C@H]1CCc2cc(OCCCOc3ccc(-c4nc5c(s4)CCCC5)cc3O)ccc21. The van der Waals surface area contributed by atoms with Crippen molar-refractivity contribution in [1.82, 2.24) is 4.98 Å². The summed E-state index contributed by atoms with van der Waals surface area (Å²) in [7, 11) is 0. The Balaban J connectivity index is 1.10. The second kappa shape index (κ2) is 10.1. The van der Waals surface area contributed by atoms with Gasteiger partial charge in [-0.25, -0.2) is 4.98 Å². The van der Waals surface area contributed by atoms with Gasteiger partial charge in [0.05, 0.1) is 18.9 Å². The first-order valence-corrected chi connectivity index (χ1v) is 12.8. The number of aromatic hydroxyl groups is 1. The Hall–Kier alpha value is -3.06. The van der Waals surface area contributed by atoms with Crippen molar-refractivity contribution >= 4 is 17.3 Å². The molecule has 0 saturated carbocycles. The van der Waals surface area contributed by atoms with Crippen molar-refractivity contribution in [2.75, 3.05) is 13.2 Å². The van der Waals surface area contributed by atoms with Gasteiger partial charge in [-0.1, -0.05) is 6.07 Å². The average Bonchev–Trinajstić information content (AvgIpc) is 3.43. The minimum atomic E-state index is -0.249. The minimum absolute atomic E-state index is 0.132. The van der Waals surface area contributed by atoms with Gasteiger partial charge in [0.2, 0.25) is 0 Å². The molecule has 0 saturated heterocycles. The van der Waals surface area contributed by atoms with Gasteiger partial charge in [-0.2, -0.15) is 0 Å². The number of esters is 1. The summed E-state index contributed by atoms with van der Waals surface area (Å²) in [5.74, 6) is 1.16. The van der Waals surface area contributed by atoms with E-state index in [-0.39, 0.29) is 17.8 Å². The second-order valence-electron chi connectivity index (χ2n) is 8.83. The van der Waals surface area contributed by atoms with Crippen LogP contribution < -0.4 is 9.47 Å². The van der Waals surface area contributed by atoms with Crippen LogP contribution in [0.5, 0.6) is 17.2 Å². The van der Waals surface area contributed by atoms with E-state index in [4.69, 9.17) is 19.2 Å². The van der Waals surface area contributed by atoms with Crippen LogP contribution in [0.25, 0.3) is 10.6 Å². The number of hydrogen-bond donors (Lipinski definition) is 1. The van der Waals surface area contributed by atoms with Crippen molar-refractivity contribution in [2.45, 2.75) is 58.0 Å². The van der Waals surface area contributed by atoms with E-state index in [9.17, 15) is 9.90 Å². The molecule has 0 fully saturated rings. The molecule has 2 aliphatic rings. The number of phenols is 1. The molecular weight excluding hydrogens is 450 g/mol. The monoisotopic (exact) mass is 479 g/mol. The molecule has 6 nitrogen and oxygen atoms in total. The van der Waals surface area contributed by atoms with Crippen LogP contribution in [0.1, 0.15) is 60.4 Å². The summed E-state index contributed by atoms with van der Waals surface area (Å²) in [5, 5.41) is 11.4. The van der Waals surface area contributed by atoms with Gasteiger partial charge in [0, 0.05) is 23.8 Å². The summed E-state index contributed by atoms with van der Waals surface area (Å²) >= 11 is 1.73. The lowest BCUT2D eigenvalue weighted by atomic mass is 10.0. The molecule has 5 rings (SSSR count). The first kappa shape index (κ1) is 22.7. The smallest absolute Gasteiger partial charge is 0.303 e. The third-order valence-corrected chi connectivity index (χ3v) is 7.52. The summed E-state index contributed by atoms with van der Waals surface area (Å²) in [6.07, 6.45) is 6.86. The summed E-state index contributed by atoms with van der Waals surface area (Å²) < 4.78 is 17.0.